The Morgan fingerprint density at radius 1 is 1.55 bits per heavy atom. The lowest BCUT2D eigenvalue weighted by molar-refractivity contribution is 0.585. The third kappa shape index (κ3) is 3.13. The first kappa shape index (κ1) is 8.19. The van der Waals surface area contributed by atoms with E-state index in [1.165, 1.54) is 23.6 Å². The fraction of sp³-hybridized carbons (Fsp3) is 0.600. The van der Waals surface area contributed by atoms with E-state index in [-0.39, 0.29) is 5.75 Å². The number of nitrogens with zero attached hydrogens (tertiary/aromatic N) is 3. The highest BCUT2D eigenvalue weighted by atomic mass is 32.2. The van der Waals surface area contributed by atoms with Gasteiger partial charge in [-0.05, 0) is 0 Å². The van der Waals surface area contributed by atoms with Gasteiger partial charge in [-0.2, -0.15) is 5.10 Å². The number of hydrogen-bond acceptors (Lipinski definition) is 4. The minimum absolute atomic E-state index is 0.107. The summed E-state index contributed by atoms with van der Waals surface area (Å²) in [6.45, 7) is 0.374. The molecular weight excluding hydrogens is 166 g/mol. The molecule has 6 heteroatoms. The number of aromatic nitrogens is 3. The molecule has 0 fully saturated rings. The second-order valence-electron chi connectivity index (χ2n) is 2.29. The van der Waals surface area contributed by atoms with Crippen LogP contribution in [-0.2, 0) is 16.4 Å². The van der Waals surface area contributed by atoms with Crippen molar-refractivity contribution in [2.75, 3.05) is 12.0 Å². The van der Waals surface area contributed by atoms with Crippen molar-refractivity contribution in [3.8, 4) is 0 Å². The topological polar surface area (TPSA) is 64.8 Å². The van der Waals surface area contributed by atoms with Crippen LogP contribution in [0.3, 0.4) is 0 Å². The van der Waals surface area contributed by atoms with Gasteiger partial charge in [0.2, 0.25) is 0 Å². The van der Waals surface area contributed by atoms with E-state index in [1.54, 1.807) is 0 Å². The van der Waals surface area contributed by atoms with Gasteiger partial charge in [0.05, 0.1) is 12.3 Å². The lowest BCUT2D eigenvalue weighted by atomic mass is 10.8. The van der Waals surface area contributed by atoms with Gasteiger partial charge in [0.1, 0.15) is 22.5 Å². The van der Waals surface area contributed by atoms with Gasteiger partial charge in [-0.1, -0.05) is 0 Å². The van der Waals surface area contributed by atoms with Crippen LogP contribution in [0.15, 0.2) is 12.7 Å². The van der Waals surface area contributed by atoms with Crippen LogP contribution in [0.5, 0.6) is 0 Å². The first-order chi connectivity index (χ1) is 5.08. The van der Waals surface area contributed by atoms with Crippen LogP contribution >= 0.6 is 0 Å². The summed E-state index contributed by atoms with van der Waals surface area (Å²) >= 11 is 0. The molecule has 0 atom stereocenters. The summed E-state index contributed by atoms with van der Waals surface area (Å²) in [6.07, 6.45) is 4.07. The zero-order valence-electron chi connectivity index (χ0n) is 6.14. The maximum Gasteiger partial charge on any atom is 0.149 e. The Morgan fingerprint density at radius 3 is 2.73 bits per heavy atom. The van der Waals surface area contributed by atoms with Gasteiger partial charge in [0.15, 0.2) is 0 Å². The highest BCUT2D eigenvalue weighted by Crippen LogP contribution is 1.86. The molecule has 1 aromatic heterocycles. The van der Waals surface area contributed by atoms with E-state index in [0.717, 1.165) is 0 Å². The molecule has 5 nitrogen and oxygen atoms in total. The Labute approximate surface area is 65.0 Å². The van der Waals surface area contributed by atoms with Gasteiger partial charge in [-0.3, -0.25) is 4.68 Å². The van der Waals surface area contributed by atoms with Crippen LogP contribution in [0.1, 0.15) is 0 Å². The summed E-state index contributed by atoms with van der Waals surface area (Å²) in [7, 11) is -2.89. The van der Waals surface area contributed by atoms with Gasteiger partial charge in [-0.15, -0.1) is 0 Å². The van der Waals surface area contributed by atoms with Crippen molar-refractivity contribution < 1.29 is 8.42 Å². The first-order valence-electron chi connectivity index (χ1n) is 3.08. The third-order valence-electron chi connectivity index (χ3n) is 1.16. The van der Waals surface area contributed by atoms with E-state index >= 15 is 0 Å². The maximum atomic E-state index is 10.7. The van der Waals surface area contributed by atoms with E-state index in [0.29, 0.717) is 6.54 Å². The molecule has 0 radical (unpaired) electrons. The molecule has 1 heterocycles. The molecule has 0 saturated heterocycles. The summed E-state index contributed by atoms with van der Waals surface area (Å²) < 4.78 is 22.8. The Bertz CT molecular complexity index is 302. The Balaban J connectivity index is 2.48. The zero-order chi connectivity index (χ0) is 8.32. The third-order valence-corrected chi connectivity index (χ3v) is 2.08. The predicted octanol–water partition coefficient (Wildman–Crippen LogP) is -0.677. The van der Waals surface area contributed by atoms with Crippen LogP contribution in [-0.4, -0.2) is 35.2 Å². The van der Waals surface area contributed by atoms with Crippen LogP contribution in [0, 0.1) is 0 Å². The van der Waals surface area contributed by atoms with Crippen LogP contribution < -0.4 is 0 Å². The van der Waals surface area contributed by atoms with Crippen molar-refractivity contribution >= 4 is 9.84 Å². The minimum atomic E-state index is -2.89. The van der Waals surface area contributed by atoms with E-state index in [4.69, 9.17) is 0 Å². The van der Waals surface area contributed by atoms with Gasteiger partial charge in [0, 0.05) is 6.26 Å². The van der Waals surface area contributed by atoms with Crippen molar-refractivity contribution in [3.05, 3.63) is 12.7 Å². The fourth-order valence-electron chi connectivity index (χ4n) is 0.608. The fourth-order valence-corrected chi connectivity index (χ4v) is 1.13. The maximum absolute atomic E-state index is 10.7. The molecule has 0 aromatic carbocycles. The molecule has 1 aromatic rings. The molecule has 0 unspecified atom stereocenters. The van der Waals surface area contributed by atoms with Gasteiger partial charge in [-0.25, -0.2) is 13.4 Å². The summed E-state index contributed by atoms with van der Waals surface area (Å²) in [4.78, 5) is 3.68. The average Bonchev–Trinajstić information content (AvgIpc) is 2.32. The largest absolute Gasteiger partial charge is 0.252 e. The molecular formula is C5H9N3O2S. The molecule has 62 valence electrons. The molecule has 1 rings (SSSR count). The number of hydrogen-bond donors (Lipinski definition) is 0. The normalized spacial score (nSPS) is 11.7. The zero-order valence-corrected chi connectivity index (χ0v) is 6.95. The second-order valence-corrected chi connectivity index (χ2v) is 4.55. The molecule has 0 bridgehead atoms. The Morgan fingerprint density at radius 2 is 2.27 bits per heavy atom. The molecule has 0 spiro atoms. The monoisotopic (exact) mass is 175 g/mol. The van der Waals surface area contributed by atoms with Gasteiger partial charge >= 0.3 is 0 Å². The quantitative estimate of drug-likeness (QED) is 0.610. The molecule has 0 amide bonds. The Hall–Kier alpha value is -0.910. The van der Waals surface area contributed by atoms with Gasteiger partial charge < -0.3 is 0 Å². The molecule has 0 N–H and O–H groups in total. The summed E-state index contributed by atoms with van der Waals surface area (Å²) in [6, 6.07) is 0. The molecule has 0 saturated carbocycles. The molecule has 11 heavy (non-hydrogen) atoms. The predicted molar refractivity (Wildman–Crippen MR) is 39.7 cm³/mol. The van der Waals surface area contributed by atoms with Crippen LogP contribution in [0.4, 0.5) is 0 Å². The molecule has 0 aliphatic rings. The van der Waals surface area contributed by atoms with Gasteiger partial charge in [0.25, 0.3) is 0 Å². The van der Waals surface area contributed by atoms with E-state index < -0.39 is 9.84 Å². The van der Waals surface area contributed by atoms with Crippen molar-refractivity contribution in [3.63, 3.8) is 0 Å². The van der Waals surface area contributed by atoms with Crippen LogP contribution in [0.25, 0.3) is 0 Å². The minimum Gasteiger partial charge on any atom is -0.252 e. The second kappa shape index (κ2) is 3.00. The van der Waals surface area contributed by atoms with Crippen molar-refractivity contribution in [2.45, 2.75) is 6.54 Å². The SMILES string of the molecule is CS(=O)(=O)CCn1cncn1. The summed E-state index contributed by atoms with van der Waals surface area (Å²) in [5, 5.41) is 3.76. The van der Waals surface area contributed by atoms with Crippen molar-refractivity contribution in [1.29, 1.82) is 0 Å². The van der Waals surface area contributed by atoms with Crippen molar-refractivity contribution in [1.82, 2.24) is 14.8 Å². The molecule has 0 aliphatic carbocycles. The standard InChI is InChI=1S/C5H9N3O2S/c1-11(9,10)3-2-8-5-6-4-7-8/h4-5H,2-3H2,1H3. The first-order valence-corrected chi connectivity index (χ1v) is 5.14. The average molecular weight is 175 g/mol. The molecule has 0 aliphatic heterocycles. The van der Waals surface area contributed by atoms with E-state index in [1.807, 2.05) is 0 Å². The number of aryl methyl sites for hydroxylation is 1. The van der Waals surface area contributed by atoms with Crippen molar-refractivity contribution in [2.24, 2.45) is 0 Å². The summed E-state index contributed by atoms with van der Waals surface area (Å²) in [5.74, 6) is 0.107. The number of sulfone groups is 1. The van der Waals surface area contributed by atoms with Crippen LogP contribution in [0.2, 0.25) is 0 Å². The highest BCUT2D eigenvalue weighted by molar-refractivity contribution is 7.90. The number of rotatable bonds is 3. The van der Waals surface area contributed by atoms with E-state index in [9.17, 15) is 8.42 Å². The lowest BCUT2D eigenvalue weighted by Gasteiger charge is -1.96. The van der Waals surface area contributed by atoms with E-state index in [2.05, 4.69) is 10.1 Å². The Kier molecular flexibility index (Phi) is 2.23. The summed E-state index contributed by atoms with van der Waals surface area (Å²) in [5.41, 5.74) is 0. The highest BCUT2D eigenvalue weighted by Gasteiger charge is 2.01. The smallest absolute Gasteiger partial charge is 0.149 e. The lowest BCUT2D eigenvalue weighted by Crippen LogP contribution is -2.11.